The second kappa shape index (κ2) is 6.21. The highest BCUT2D eigenvalue weighted by Gasteiger charge is 2.12. The molecule has 0 fully saturated rings. The topological polar surface area (TPSA) is 12.0 Å². The molecule has 0 saturated carbocycles. The van der Waals surface area contributed by atoms with E-state index in [-0.39, 0.29) is 0 Å². The molecule has 2 aromatic rings. The quantitative estimate of drug-likeness (QED) is 0.799. The van der Waals surface area contributed by atoms with Crippen molar-refractivity contribution in [2.75, 3.05) is 0 Å². The fourth-order valence-corrected chi connectivity index (χ4v) is 4.12. The summed E-state index contributed by atoms with van der Waals surface area (Å²) >= 11 is 5.37. The van der Waals surface area contributed by atoms with Crippen molar-refractivity contribution < 1.29 is 0 Å². The van der Waals surface area contributed by atoms with Gasteiger partial charge in [0.15, 0.2) is 0 Å². The molecule has 0 saturated heterocycles. The van der Waals surface area contributed by atoms with Crippen molar-refractivity contribution in [1.82, 2.24) is 5.32 Å². The van der Waals surface area contributed by atoms with E-state index in [9.17, 15) is 0 Å². The molecule has 2 rings (SSSR count). The van der Waals surface area contributed by atoms with Crippen LogP contribution in [-0.4, -0.2) is 0 Å². The van der Waals surface area contributed by atoms with E-state index < -0.39 is 0 Å². The van der Waals surface area contributed by atoms with Gasteiger partial charge in [0.1, 0.15) is 0 Å². The smallest absolute Gasteiger partial charge is 0.0327 e. The van der Waals surface area contributed by atoms with Crippen molar-refractivity contribution in [3.05, 3.63) is 55.2 Å². The summed E-state index contributed by atoms with van der Waals surface area (Å²) in [5.41, 5.74) is 5.52. The summed E-state index contributed by atoms with van der Waals surface area (Å²) in [7, 11) is 0. The molecule has 1 unspecified atom stereocenters. The van der Waals surface area contributed by atoms with E-state index in [4.69, 9.17) is 0 Å². The van der Waals surface area contributed by atoms with E-state index in [1.807, 2.05) is 0 Å². The first-order chi connectivity index (χ1) is 8.99. The van der Waals surface area contributed by atoms with E-state index in [2.05, 4.69) is 72.5 Å². The van der Waals surface area contributed by atoms with Gasteiger partial charge >= 0.3 is 0 Å². The highest BCUT2D eigenvalue weighted by atomic mass is 79.9. The van der Waals surface area contributed by atoms with E-state index in [1.165, 1.54) is 31.6 Å². The number of halogens is 1. The van der Waals surface area contributed by atoms with Crippen LogP contribution >= 0.6 is 27.3 Å². The van der Waals surface area contributed by atoms with Crippen molar-refractivity contribution >= 4 is 27.3 Å². The molecule has 1 aromatic carbocycles. The molecule has 0 bridgehead atoms. The van der Waals surface area contributed by atoms with Crippen molar-refractivity contribution in [2.45, 2.75) is 40.3 Å². The van der Waals surface area contributed by atoms with Gasteiger partial charge < -0.3 is 5.32 Å². The fraction of sp³-hybridized carbons (Fsp3) is 0.375. The van der Waals surface area contributed by atoms with Crippen LogP contribution in [0.2, 0.25) is 0 Å². The van der Waals surface area contributed by atoms with Crippen LogP contribution in [0, 0.1) is 20.8 Å². The number of nitrogens with one attached hydrogen (secondary N) is 1. The van der Waals surface area contributed by atoms with E-state index in [1.54, 1.807) is 11.3 Å². The largest absolute Gasteiger partial charge is 0.305 e. The number of hydrogen-bond donors (Lipinski definition) is 1. The molecule has 3 heteroatoms. The van der Waals surface area contributed by atoms with Gasteiger partial charge in [-0.1, -0.05) is 17.7 Å². The van der Waals surface area contributed by atoms with Gasteiger partial charge in [-0.25, -0.2) is 0 Å². The summed E-state index contributed by atoms with van der Waals surface area (Å²) in [5.74, 6) is 0. The van der Waals surface area contributed by atoms with Crippen LogP contribution in [-0.2, 0) is 6.54 Å². The first kappa shape index (κ1) is 14.8. The van der Waals surface area contributed by atoms with E-state index in [0.717, 1.165) is 6.54 Å². The van der Waals surface area contributed by atoms with E-state index in [0.29, 0.717) is 6.04 Å². The van der Waals surface area contributed by atoms with Gasteiger partial charge in [0.2, 0.25) is 0 Å². The normalized spacial score (nSPS) is 12.7. The SMILES string of the molecule is Cc1cc(C)c(C(C)NCc2sccc2Br)c(C)c1. The van der Waals surface area contributed by atoms with Gasteiger partial charge in [0.05, 0.1) is 0 Å². The van der Waals surface area contributed by atoms with Gasteiger partial charge in [0, 0.05) is 21.9 Å². The maximum Gasteiger partial charge on any atom is 0.0327 e. The molecule has 0 aliphatic rings. The lowest BCUT2D eigenvalue weighted by Gasteiger charge is -2.19. The van der Waals surface area contributed by atoms with Crippen molar-refractivity contribution in [2.24, 2.45) is 0 Å². The number of aryl methyl sites for hydroxylation is 3. The molecular formula is C16H20BrNS. The zero-order valence-electron chi connectivity index (χ0n) is 11.9. The van der Waals surface area contributed by atoms with Gasteiger partial charge in [-0.3, -0.25) is 0 Å². The Balaban J connectivity index is 2.12. The first-order valence-electron chi connectivity index (χ1n) is 6.52. The first-order valence-corrected chi connectivity index (χ1v) is 8.19. The predicted octanol–water partition coefficient (Wildman–Crippen LogP) is 5.29. The zero-order valence-corrected chi connectivity index (χ0v) is 14.3. The van der Waals surface area contributed by atoms with Gasteiger partial charge in [-0.05, 0) is 71.8 Å². The molecule has 0 radical (unpaired) electrons. The summed E-state index contributed by atoms with van der Waals surface area (Å²) in [6.45, 7) is 9.71. The average molecular weight is 338 g/mol. The molecule has 1 nitrogen and oxygen atoms in total. The highest BCUT2D eigenvalue weighted by Crippen LogP contribution is 2.26. The van der Waals surface area contributed by atoms with Crippen LogP contribution in [0.25, 0.3) is 0 Å². The number of rotatable bonds is 4. The number of thiophene rings is 1. The number of benzene rings is 1. The summed E-state index contributed by atoms with van der Waals surface area (Å²) < 4.78 is 1.20. The molecule has 102 valence electrons. The van der Waals surface area contributed by atoms with Crippen LogP contribution in [0.4, 0.5) is 0 Å². The molecule has 0 aliphatic heterocycles. The average Bonchev–Trinajstić information content (AvgIpc) is 2.70. The molecule has 19 heavy (non-hydrogen) atoms. The maximum atomic E-state index is 3.62. The van der Waals surface area contributed by atoms with Gasteiger partial charge in [-0.15, -0.1) is 11.3 Å². The monoisotopic (exact) mass is 337 g/mol. The summed E-state index contributed by atoms with van der Waals surface area (Å²) in [5, 5.41) is 5.74. The molecule has 1 atom stereocenters. The Bertz CT molecular complexity index is 551. The van der Waals surface area contributed by atoms with Gasteiger partial charge in [0.25, 0.3) is 0 Å². The minimum absolute atomic E-state index is 0.370. The van der Waals surface area contributed by atoms with Crippen molar-refractivity contribution in [3.8, 4) is 0 Å². The minimum Gasteiger partial charge on any atom is -0.305 e. The maximum absolute atomic E-state index is 3.62. The third-order valence-electron chi connectivity index (χ3n) is 3.43. The minimum atomic E-state index is 0.370. The van der Waals surface area contributed by atoms with Crippen LogP contribution in [0.3, 0.4) is 0 Å². The number of hydrogen-bond acceptors (Lipinski definition) is 2. The lowest BCUT2D eigenvalue weighted by Crippen LogP contribution is -2.19. The van der Waals surface area contributed by atoms with E-state index >= 15 is 0 Å². The standard InChI is InChI=1S/C16H20BrNS/c1-10-7-11(2)16(12(3)8-10)13(4)18-9-15-14(17)5-6-19-15/h5-8,13,18H,9H2,1-4H3. The van der Waals surface area contributed by atoms with Gasteiger partial charge in [-0.2, -0.15) is 0 Å². The third kappa shape index (κ3) is 3.47. The molecule has 1 N–H and O–H groups in total. The van der Waals surface area contributed by atoms with Crippen LogP contribution in [0.15, 0.2) is 28.1 Å². The lowest BCUT2D eigenvalue weighted by molar-refractivity contribution is 0.573. The molecule has 0 aliphatic carbocycles. The third-order valence-corrected chi connectivity index (χ3v) is 5.36. The second-order valence-electron chi connectivity index (χ2n) is 5.11. The Kier molecular flexibility index (Phi) is 4.82. The Labute approximate surface area is 128 Å². The van der Waals surface area contributed by atoms with Crippen LogP contribution in [0.1, 0.15) is 40.1 Å². The zero-order chi connectivity index (χ0) is 14.0. The van der Waals surface area contributed by atoms with Crippen LogP contribution in [0.5, 0.6) is 0 Å². The van der Waals surface area contributed by atoms with Crippen molar-refractivity contribution in [3.63, 3.8) is 0 Å². The molecule has 1 aromatic heterocycles. The van der Waals surface area contributed by atoms with Crippen LogP contribution < -0.4 is 5.32 Å². The highest BCUT2D eigenvalue weighted by molar-refractivity contribution is 9.10. The molecule has 0 amide bonds. The molecular weight excluding hydrogens is 318 g/mol. The second-order valence-corrected chi connectivity index (χ2v) is 6.96. The van der Waals surface area contributed by atoms with Crippen molar-refractivity contribution in [1.29, 1.82) is 0 Å². The Morgan fingerprint density at radius 2 is 1.84 bits per heavy atom. The molecule has 0 spiro atoms. The fourth-order valence-electron chi connectivity index (χ4n) is 2.67. The Morgan fingerprint density at radius 3 is 2.37 bits per heavy atom. The summed E-state index contributed by atoms with van der Waals surface area (Å²) in [6, 6.07) is 7.01. The summed E-state index contributed by atoms with van der Waals surface area (Å²) in [4.78, 5) is 1.36. The Morgan fingerprint density at radius 1 is 1.21 bits per heavy atom. The summed E-state index contributed by atoms with van der Waals surface area (Å²) in [6.07, 6.45) is 0. The lowest BCUT2D eigenvalue weighted by atomic mass is 9.95. The predicted molar refractivity (Wildman–Crippen MR) is 87.9 cm³/mol. The molecule has 1 heterocycles. The Hall–Kier alpha value is -0.640.